The predicted molar refractivity (Wildman–Crippen MR) is 113 cm³/mol. The van der Waals surface area contributed by atoms with Gasteiger partial charge in [-0.3, -0.25) is 4.57 Å². The fourth-order valence-electron chi connectivity index (χ4n) is 3.64. The number of nitrogens with one attached hydrogen (secondary N) is 1. The van der Waals surface area contributed by atoms with Gasteiger partial charge in [0.15, 0.2) is 11.0 Å². The van der Waals surface area contributed by atoms with Crippen LogP contribution in [0.25, 0.3) is 22.3 Å². The Morgan fingerprint density at radius 2 is 2.04 bits per heavy atom. The highest BCUT2D eigenvalue weighted by atomic mass is 32.2. The molecule has 0 aliphatic heterocycles. The van der Waals surface area contributed by atoms with E-state index in [0.717, 1.165) is 33.6 Å². The van der Waals surface area contributed by atoms with Crippen LogP contribution >= 0.6 is 11.8 Å². The minimum atomic E-state index is 0.501. The molecule has 5 nitrogen and oxygen atoms in total. The van der Waals surface area contributed by atoms with E-state index in [1.165, 1.54) is 29.4 Å². The molecule has 2 aromatic heterocycles. The van der Waals surface area contributed by atoms with E-state index in [4.69, 9.17) is 4.74 Å². The number of rotatable bonds is 6. The first-order valence-electron chi connectivity index (χ1n) is 9.52. The van der Waals surface area contributed by atoms with Gasteiger partial charge in [-0.15, -0.1) is 10.2 Å². The molecule has 1 fully saturated rings. The second kappa shape index (κ2) is 7.02. The van der Waals surface area contributed by atoms with E-state index >= 15 is 0 Å². The minimum absolute atomic E-state index is 0.501. The van der Waals surface area contributed by atoms with Crippen LogP contribution < -0.4 is 4.74 Å². The molecule has 4 aromatic rings. The summed E-state index contributed by atoms with van der Waals surface area (Å²) in [6.07, 6.45) is 4.43. The zero-order valence-corrected chi connectivity index (χ0v) is 16.8. The number of nitrogens with zero attached hydrogens (tertiary/aromatic N) is 3. The summed E-state index contributed by atoms with van der Waals surface area (Å²) in [5.41, 5.74) is 4.67. The number of H-pyrrole nitrogens is 1. The number of aromatic nitrogens is 4. The molecule has 1 N–H and O–H groups in total. The van der Waals surface area contributed by atoms with E-state index in [2.05, 4.69) is 57.0 Å². The average Bonchev–Trinajstić information content (AvgIpc) is 3.32. The van der Waals surface area contributed by atoms with E-state index in [1.54, 1.807) is 18.9 Å². The highest BCUT2D eigenvalue weighted by Gasteiger charge is 2.31. The first-order valence-corrected chi connectivity index (χ1v) is 10.5. The molecule has 28 heavy (non-hydrogen) atoms. The van der Waals surface area contributed by atoms with Gasteiger partial charge in [-0.05, 0) is 31.9 Å². The van der Waals surface area contributed by atoms with Crippen molar-refractivity contribution < 1.29 is 4.74 Å². The van der Waals surface area contributed by atoms with Crippen molar-refractivity contribution in [2.45, 2.75) is 36.7 Å². The molecule has 142 valence electrons. The lowest BCUT2D eigenvalue weighted by molar-refractivity contribution is 0.411. The number of hydrogen-bond acceptors (Lipinski definition) is 4. The molecule has 0 unspecified atom stereocenters. The molecule has 6 heteroatoms. The zero-order chi connectivity index (χ0) is 19.1. The minimum Gasteiger partial charge on any atom is -0.496 e. The van der Waals surface area contributed by atoms with Gasteiger partial charge in [-0.25, -0.2) is 0 Å². The summed E-state index contributed by atoms with van der Waals surface area (Å²) >= 11 is 1.73. The van der Waals surface area contributed by atoms with Gasteiger partial charge in [-0.2, -0.15) is 0 Å². The summed E-state index contributed by atoms with van der Waals surface area (Å²) in [5, 5.41) is 11.3. The Balaban J connectivity index is 1.49. The third-order valence-electron chi connectivity index (χ3n) is 5.20. The molecular formula is C22H22N4OS. The van der Waals surface area contributed by atoms with E-state index in [-0.39, 0.29) is 0 Å². The molecule has 1 aliphatic rings. The van der Waals surface area contributed by atoms with Crippen LogP contribution in [-0.4, -0.2) is 26.9 Å². The third kappa shape index (κ3) is 3.07. The molecule has 2 heterocycles. The van der Waals surface area contributed by atoms with Crippen molar-refractivity contribution in [2.24, 2.45) is 0 Å². The van der Waals surface area contributed by atoms with Crippen LogP contribution in [0.1, 0.15) is 30.0 Å². The van der Waals surface area contributed by atoms with Crippen molar-refractivity contribution in [1.82, 2.24) is 19.7 Å². The number of hydrogen-bond donors (Lipinski definition) is 1. The monoisotopic (exact) mass is 390 g/mol. The molecule has 2 aromatic carbocycles. The molecule has 0 bridgehead atoms. The van der Waals surface area contributed by atoms with Crippen LogP contribution in [0.4, 0.5) is 0 Å². The van der Waals surface area contributed by atoms with Gasteiger partial charge in [-0.1, -0.05) is 47.7 Å². The molecule has 0 radical (unpaired) electrons. The number of para-hydroxylation sites is 1. The standard InChI is InChI=1S/C22H22N4OS/c1-14-7-10-20(27-2)15(11-14)13-28-22-25-24-21(26(22)16-8-9-16)18-12-23-19-6-4-3-5-17(18)19/h3-7,10-12,16,23H,8-9,13H2,1-2H3. The summed E-state index contributed by atoms with van der Waals surface area (Å²) in [4.78, 5) is 3.36. The molecule has 1 saturated carbocycles. The van der Waals surface area contributed by atoms with Crippen molar-refractivity contribution in [3.63, 3.8) is 0 Å². The summed E-state index contributed by atoms with van der Waals surface area (Å²) in [7, 11) is 1.72. The third-order valence-corrected chi connectivity index (χ3v) is 6.19. The molecule has 0 spiro atoms. The van der Waals surface area contributed by atoms with Crippen LogP contribution in [0.15, 0.2) is 53.8 Å². The Hall–Kier alpha value is -2.73. The number of fused-ring (bicyclic) bond motifs is 1. The van der Waals surface area contributed by atoms with Crippen LogP contribution in [0.5, 0.6) is 5.75 Å². The summed E-state index contributed by atoms with van der Waals surface area (Å²) < 4.78 is 7.85. The highest BCUT2D eigenvalue weighted by molar-refractivity contribution is 7.98. The van der Waals surface area contributed by atoms with Crippen LogP contribution in [-0.2, 0) is 5.75 Å². The fraction of sp³-hybridized carbons (Fsp3) is 0.273. The number of methoxy groups -OCH3 is 1. The Morgan fingerprint density at radius 1 is 1.18 bits per heavy atom. The second-order valence-electron chi connectivity index (χ2n) is 7.26. The van der Waals surface area contributed by atoms with Gasteiger partial charge in [0.25, 0.3) is 0 Å². The van der Waals surface area contributed by atoms with Crippen molar-refractivity contribution >= 4 is 22.7 Å². The first-order chi connectivity index (χ1) is 13.7. The Bertz CT molecular complexity index is 1140. The largest absolute Gasteiger partial charge is 0.496 e. The van der Waals surface area contributed by atoms with Gasteiger partial charge in [0, 0.05) is 40.0 Å². The molecular weight excluding hydrogens is 368 g/mol. The molecule has 1 aliphatic carbocycles. The van der Waals surface area contributed by atoms with E-state index < -0.39 is 0 Å². The Kier molecular flexibility index (Phi) is 4.36. The van der Waals surface area contributed by atoms with Crippen LogP contribution in [0, 0.1) is 6.92 Å². The quantitative estimate of drug-likeness (QED) is 0.450. The van der Waals surface area contributed by atoms with Crippen molar-refractivity contribution in [3.05, 3.63) is 59.8 Å². The van der Waals surface area contributed by atoms with Gasteiger partial charge < -0.3 is 9.72 Å². The number of aromatic amines is 1. The average molecular weight is 391 g/mol. The maximum absolute atomic E-state index is 5.53. The maximum atomic E-state index is 5.53. The lowest BCUT2D eigenvalue weighted by atomic mass is 10.1. The molecule has 0 amide bonds. The van der Waals surface area contributed by atoms with Crippen molar-refractivity contribution in [1.29, 1.82) is 0 Å². The van der Waals surface area contributed by atoms with E-state index in [0.29, 0.717) is 6.04 Å². The van der Waals surface area contributed by atoms with Crippen molar-refractivity contribution in [3.8, 4) is 17.1 Å². The van der Waals surface area contributed by atoms with Crippen LogP contribution in [0.2, 0.25) is 0 Å². The lowest BCUT2D eigenvalue weighted by Gasteiger charge is -2.11. The smallest absolute Gasteiger partial charge is 0.192 e. The molecule has 0 saturated heterocycles. The second-order valence-corrected chi connectivity index (χ2v) is 8.20. The van der Waals surface area contributed by atoms with Gasteiger partial charge in [0.05, 0.1) is 7.11 Å². The van der Waals surface area contributed by atoms with Gasteiger partial charge in [0.2, 0.25) is 0 Å². The SMILES string of the molecule is COc1ccc(C)cc1CSc1nnc(-c2c[nH]c3ccccc23)n1C1CC1. The molecule has 5 rings (SSSR count). The summed E-state index contributed by atoms with van der Waals surface area (Å²) in [5.74, 6) is 2.69. The summed E-state index contributed by atoms with van der Waals surface area (Å²) in [6.45, 7) is 2.11. The van der Waals surface area contributed by atoms with Crippen LogP contribution in [0.3, 0.4) is 0 Å². The number of benzene rings is 2. The number of ether oxygens (including phenoxy) is 1. The summed E-state index contributed by atoms with van der Waals surface area (Å²) in [6, 6.07) is 15.1. The normalized spacial score (nSPS) is 13.9. The predicted octanol–water partition coefficient (Wildman–Crippen LogP) is 5.37. The van der Waals surface area contributed by atoms with Crippen molar-refractivity contribution in [2.75, 3.05) is 7.11 Å². The van der Waals surface area contributed by atoms with Gasteiger partial charge >= 0.3 is 0 Å². The molecule has 0 atom stereocenters. The highest BCUT2D eigenvalue weighted by Crippen LogP contribution is 2.43. The topological polar surface area (TPSA) is 55.7 Å². The van der Waals surface area contributed by atoms with E-state index in [1.807, 2.05) is 18.3 Å². The first kappa shape index (κ1) is 17.4. The zero-order valence-electron chi connectivity index (χ0n) is 16.0. The van der Waals surface area contributed by atoms with E-state index in [9.17, 15) is 0 Å². The Labute approximate surface area is 168 Å². The number of aryl methyl sites for hydroxylation is 1. The Morgan fingerprint density at radius 3 is 2.86 bits per heavy atom. The number of thioether (sulfide) groups is 1. The fourth-order valence-corrected chi connectivity index (χ4v) is 4.62. The maximum Gasteiger partial charge on any atom is 0.192 e. The van der Waals surface area contributed by atoms with Gasteiger partial charge in [0.1, 0.15) is 5.75 Å². The lowest BCUT2D eigenvalue weighted by Crippen LogP contribution is -2.00.